The van der Waals surface area contributed by atoms with Crippen LogP contribution in [0.4, 0.5) is 4.39 Å². The van der Waals surface area contributed by atoms with Gasteiger partial charge < -0.3 is 5.73 Å². The Morgan fingerprint density at radius 3 is 2.26 bits per heavy atom. The molecule has 0 heterocycles. The van der Waals surface area contributed by atoms with Crippen LogP contribution in [0, 0.1) is 5.82 Å². The molecule has 0 radical (unpaired) electrons. The lowest BCUT2D eigenvalue weighted by molar-refractivity contribution is 0.530. The minimum absolute atomic E-state index is 0.0475. The molecule has 0 fully saturated rings. The number of rotatable bonds is 2. The lowest BCUT2D eigenvalue weighted by Gasteiger charge is -2.27. The summed E-state index contributed by atoms with van der Waals surface area (Å²) < 4.78 is 15.7. The van der Waals surface area contributed by atoms with E-state index in [0.29, 0.717) is 10.0 Å². The molecule has 100 valence electrons. The van der Waals surface area contributed by atoms with Gasteiger partial charge in [0.05, 0.1) is 10.6 Å². The molecule has 0 saturated carbocycles. The zero-order chi connectivity index (χ0) is 14.2. The number of hydrogen-bond acceptors (Lipinski definition) is 1. The Labute approximate surface area is 133 Å². The molecule has 5 heteroatoms. The fraction of sp³-hybridized carbons (Fsp3) is 0.143. The molecule has 0 saturated heterocycles. The standard InChI is InChI=1S/C14H11Br2ClFN/c1-14(19,8-2-4-9(15)5-3-8)10-6-7-11(16)12(17)13(10)18/h2-7H,19H2,1H3. The monoisotopic (exact) mass is 405 g/mol. The Hall–Kier alpha value is -0.420. The van der Waals surface area contributed by atoms with Crippen LogP contribution >= 0.6 is 43.5 Å². The summed E-state index contributed by atoms with van der Waals surface area (Å²) in [6, 6.07) is 10.8. The van der Waals surface area contributed by atoms with E-state index in [0.717, 1.165) is 10.0 Å². The van der Waals surface area contributed by atoms with Crippen molar-refractivity contribution in [2.75, 3.05) is 0 Å². The molecule has 0 aromatic heterocycles. The molecule has 0 aliphatic rings. The van der Waals surface area contributed by atoms with Crippen LogP contribution in [0.3, 0.4) is 0 Å². The number of benzene rings is 2. The predicted molar refractivity (Wildman–Crippen MR) is 83.9 cm³/mol. The van der Waals surface area contributed by atoms with Gasteiger partial charge in [0.1, 0.15) is 5.82 Å². The third kappa shape index (κ3) is 2.87. The molecule has 1 atom stereocenters. The molecular weight excluding hydrogens is 396 g/mol. The highest BCUT2D eigenvalue weighted by molar-refractivity contribution is 9.10. The fourth-order valence-corrected chi connectivity index (χ4v) is 2.61. The lowest BCUT2D eigenvalue weighted by atomic mass is 9.85. The summed E-state index contributed by atoms with van der Waals surface area (Å²) >= 11 is 12.5. The van der Waals surface area contributed by atoms with Crippen molar-refractivity contribution < 1.29 is 4.39 Å². The van der Waals surface area contributed by atoms with E-state index < -0.39 is 11.4 Å². The highest BCUT2D eigenvalue weighted by Gasteiger charge is 2.28. The van der Waals surface area contributed by atoms with E-state index in [-0.39, 0.29) is 5.02 Å². The van der Waals surface area contributed by atoms with Gasteiger partial charge in [0, 0.05) is 14.5 Å². The molecule has 0 bridgehead atoms. The summed E-state index contributed by atoms with van der Waals surface area (Å²) in [5, 5.41) is 0.0475. The van der Waals surface area contributed by atoms with Crippen LogP contribution in [0.5, 0.6) is 0 Å². The topological polar surface area (TPSA) is 26.0 Å². The second-order valence-electron chi connectivity index (χ2n) is 4.43. The quantitative estimate of drug-likeness (QED) is 0.678. The third-order valence-electron chi connectivity index (χ3n) is 3.04. The highest BCUT2D eigenvalue weighted by Crippen LogP contribution is 2.35. The molecular formula is C14H11Br2ClFN. The average Bonchev–Trinajstić information content (AvgIpc) is 2.36. The number of nitrogens with two attached hydrogens (primary N) is 1. The summed E-state index contributed by atoms with van der Waals surface area (Å²) in [6.45, 7) is 1.76. The predicted octanol–water partition coefficient (Wildman–Crippen LogP) is 5.23. The van der Waals surface area contributed by atoms with E-state index in [2.05, 4.69) is 31.9 Å². The maximum atomic E-state index is 14.3. The minimum Gasteiger partial charge on any atom is -0.318 e. The highest BCUT2D eigenvalue weighted by atomic mass is 79.9. The van der Waals surface area contributed by atoms with Crippen LogP contribution in [0.25, 0.3) is 0 Å². The summed E-state index contributed by atoms with van der Waals surface area (Å²) in [4.78, 5) is 0. The Bertz CT molecular complexity index is 612. The van der Waals surface area contributed by atoms with Crippen molar-refractivity contribution in [3.8, 4) is 0 Å². The van der Waals surface area contributed by atoms with Crippen molar-refractivity contribution in [2.24, 2.45) is 5.73 Å². The van der Waals surface area contributed by atoms with E-state index in [4.69, 9.17) is 17.3 Å². The van der Waals surface area contributed by atoms with Crippen molar-refractivity contribution in [3.63, 3.8) is 0 Å². The molecule has 1 nitrogen and oxygen atoms in total. The zero-order valence-electron chi connectivity index (χ0n) is 10.1. The van der Waals surface area contributed by atoms with Crippen LogP contribution in [0.2, 0.25) is 5.02 Å². The first kappa shape index (κ1) is 15.0. The molecule has 2 aromatic carbocycles. The molecule has 0 amide bonds. The van der Waals surface area contributed by atoms with Gasteiger partial charge in [-0.25, -0.2) is 4.39 Å². The molecule has 1 unspecified atom stereocenters. The van der Waals surface area contributed by atoms with E-state index in [1.807, 2.05) is 24.3 Å². The smallest absolute Gasteiger partial charge is 0.148 e. The molecule has 0 aliphatic heterocycles. The van der Waals surface area contributed by atoms with E-state index in [1.165, 1.54) is 0 Å². The van der Waals surface area contributed by atoms with E-state index >= 15 is 0 Å². The Morgan fingerprint density at radius 1 is 1.11 bits per heavy atom. The first-order valence-electron chi connectivity index (χ1n) is 5.53. The van der Waals surface area contributed by atoms with Crippen LogP contribution in [0.15, 0.2) is 45.3 Å². The van der Waals surface area contributed by atoms with Gasteiger partial charge in [0.2, 0.25) is 0 Å². The lowest BCUT2D eigenvalue weighted by Crippen LogP contribution is -2.35. The second-order valence-corrected chi connectivity index (χ2v) is 6.58. The van der Waals surface area contributed by atoms with Crippen molar-refractivity contribution in [2.45, 2.75) is 12.5 Å². The van der Waals surface area contributed by atoms with Crippen LogP contribution in [-0.2, 0) is 5.54 Å². The van der Waals surface area contributed by atoms with Crippen LogP contribution in [0.1, 0.15) is 18.1 Å². The van der Waals surface area contributed by atoms with Crippen LogP contribution < -0.4 is 5.73 Å². The number of hydrogen-bond donors (Lipinski definition) is 1. The third-order valence-corrected chi connectivity index (χ3v) is 4.83. The van der Waals surface area contributed by atoms with Gasteiger partial charge in [-0.2, -0.15) is 0 Å². The van der Waals surface area contributed by atoms with Gasteiger partial charge >= 0.3 is 0 Å². The first-order chi connectivity index (χ1) is 8.84. The zero-order valence-corrected chi connectivity index (χ0v) is 14.0. The van der Waals surface area contributed by atoms with Gasteiger partial charge in [0.15, 0.2) is 0 Å². The summed E-state index contributed by atoms with van der Waals surface area (Å²) in [5.41, 5.74) is 6.53. The van der Waals surface area contributed by atoms with E-state index in [1.54, 1.807) is 19.1 Å². The fourth-order valence-electron chi connectivity index (χ4n) is 1.88. The summed E-state index contributed by atoms with van der Waals surface area (Å²) in [7, 11) is 0. The largest absolute Gasteiger partial charge is 0.318 e. The van der Waals surface area contributed by atoms with Gasteiger partial charge in [-0.15, -0.1) is 0 Å². The molecule has 0 spiro atoms. The Morgan fingerprint density at radius 2 is 1.68 bits per heavy atom. The SMILES string of the molecule is CC(N)(c1ccc(Br)cc1)c1ccc(Br)c(Cl)c1F. The Kier molecular flexibility index (Phi) is 4.35. The average molecular weight is 408 g/mol. The molecule has 2 rings (SSSR count). The summed E-state index contributed by atoms with van der Waals surface area (Å²) in [6.07, 6.45) is 0. The maximum absolute atomic E-state index is 14.3. The van der Waals surface area contributed by atoms with E-state index in [9.17, 15) is 4.39 Å². The molecule has 19 heavy (non-hydrogen) atoms. The summed E-state index contributed by atoms with van der Waals surface area (Å²) in [5.74, 6) is -0.496. The van der Waals surface area contributed by atoms with Gasteiger partial charge in [-0.05, 0) is 46.6 Å². The molecule has 0 aliphatic carbocycles. The van der Waals surface area contributed by atoms with Gasteiger partial charge in [-0.3, -0.25) is 0 Å². The van der Waals surface area contributed by atoms with Crippen molar-refractivity contribution in [1.82, 2.24) is 0 Å². The first-order valence-corrected chi connectivity index (χ1v) is 7.49. The minimum atomic E-state index is -0.949. The molecule has 2 N–H and O–H groups in total. The van der Waals surface area contributed by atoms with Crippen molar-refractivity contribution >= 4 is 43.5 Å². The second kappa shape index (κ2) is 5.52. The van der Waals surface area contributed by atoms with Crippen LogP contribution in [-0.4, -0.2) is 0 Å². The maximum Gasteiger partial charge on any atom is 0.148 e. The number of halogens is 4. The molecule has 2 aromatic rings. The van der Waals surface area contributed by atoms with Crippen molar-refractivity contribution in [3.05, 3.63) is 67.3 Å². The normalized spacial score (nSPS) is 14.2. The van der Waals surface area contributed by atoms with Gasteiger partial charge in [-0.1, -0.05) is 45.7 Å². The Balaban J connectivity index is 2.56. The van der Waals surface area contributed by atoms with Crippen molar-refractivity contribution in [1.29, 1.82) is 0 Å². The van der Waals surface area contributed by atoms with Gasteiger partial charge in [0.25, 0.3) is 0 Å².